The lowest BCUT2D eigenvalue weighted by molar-refractivity contribution is -0.122. The van der Waals surface area contributed by atoms with E-state index in [2.05, 4.69) is 0 Å². The first-order valence-electron chi connectivity index (χ1n) is 10.2. The maximum absolute atomic E-state index is 14.2. The standard InChI is InChI=1S/C26H19FN2OS2/c27-22-12-6-4-10-19(22)16-28-17-20(21-11-5-7-13-23(21)28)14-24-25(30)29(26(31)32-24)15-18-8-2-1-3-9-18/h1-14,17H,15-16H2/b24-14+. The molecule has 0 unspecified atom stereocenters. The quantitative estimate of drug-likeness (QED) is 0.262. The largest absolute Gasteiger partial charge is 0.342 e. The van der Waals surface area contributed by atoms with Crippen molar-refractivity contribution in [2.24, 2.45) is 0 Å². The number of carbonyl (C=O) groups is 1. The molecule has 1 aliphatic heterocycles. The van der Waals surface area contributed by atoms with E-state index in [0.29, 0.717) is 27.9 Å². The van der Waals surface area contributed by atoms with Crippen molar-refractivity contribution in [1.29, 1.82) is 0 Å². The van der Waals surface area contributed by atoms with E-state index in [1.807, 2.05) is 77.5 Å². The minimum Gasteiger partial charge on any atom is -0.342 e. The third-order valence-corrected chi connectivity index (χ3v) is 6.84. The highest BCUT2D eigenvalue weighted by Gasteiger charge is 2.32. The number of aromatic nitrogens is 1. The first kappa shape index (κ1) is 20.7. The van der Waals surface area contributed by atoms with Crippen molar-refractivity contribution in [2.45, 2.75) is 13.1 Å². The second kappa shape index (κ2) is 8.73. The first-order valence-corrected chi connectivity index (χ1v) is 11.4. The lowest BCUT2D eigenvalue weighted by Crippen LogP contribution is -2.27. The molecule has 0 atom stereocenters. The summed E-state index contributed by atoms with van der Waals surface area (Å²) in [6, 6.07) is 24.6. The van der Waals surface area contributed by atoms with Crippen LogP contribution in [0.15, 0.2) is 90.0 Å². The van der Waals surface area contributed by atoms with Crippen molar-refractivity contribution in [3.05, 3.63) is 112 Å². The molecular formula is C26H19FN2OS2. The molecule has 1 aromatic heterocycles. The highest BCUT2D eigenvalue weighted by Crippen LogP contribution is 2.35. The number of hydrogen-bond acceptors (Lipinski definition) is 3. The third-order valence-electron chi connectivity index (χ3n) is 5.46. The lowest BCUT2D eigenvalue weighted by Gasteiger charge is -2.14. The van der Waals surface area contributed by atoms with Gasteiger partial charge in [0.15, 0.2) is 0 Å². The molecule has 32 heavy (non-hydrogen) atoms. The Hall–Kier alpha value is -3.22. The Morgan fingerprint density at radius 2 is 1.62 bits per heavy atom. The minimum atomic E-state index is -0.228. The van der Waals surface area contributed by atoms with Gasteiger partial charge in [0.05, 0.1) is 18.0 Å². The van der Waals surface area contributed by atoms with E-state index in [9.17, 15) is 9.18 Å². The molecule has 5 rings (SSSR count). The van der Waals surface area contributed by atoms with Gasteiger partial charge in [-0.3, -0.25) is 9.69 Å². The predicted molar refractivity (Wildman–Crippen MR) is 133 cm³/mol. The zero-order valence-corrected chi connectivity index (χ0v) is 18.7. The van der Waals surface area contributed by atoms with Gasteiger partial charge in [0.1, 0.15) is 10.1 Å². The van der Waals surface area contributed by atoms with Gasteiger partial charge in [0.25, 0.3) is 5.91 Å². The molecule has 1 amide bonds. The average molecular weight is 459 g/mol. The number of fused-ring (bicyclic) bond motifs is 1. The van der Waals surface area contributed by atoms with E-state index < -0.39 is 0 Å². The molecular weight excluding hydrogens is 439 g/mol. The van der Waals surface area contributed by atoms with Crippen molar-refractivity contribution in [3.63, 3.8) is 0 Å². The van der Waals surface area contributed by atoms with Crippen molar-refractivity contribution >= 4 is 51.2 Å². The van der Waals surface area contributed by atoms with Gasteiger partial charge in [-0.1, -0.05) is 90.7 Å². The monoisotopic (exact) mass is 458 g/mol. The van der Waals surface area contributed by atoms with E-state index in [1.54, 1.807) is 17.0 Å². The van der Waals surface area contributed by atoms with E-state index in [-0.39, 0.29) is 11.7 Å². The molecule has 1 fully saturated rings. The van der Waals surface area contributed by atoms with Crippen LogP contribution in [0.25, 0.3) is 17.0 Å². The Bertz CT molecular complexity index is 1360. The van der Waals surface area contributed by atoms with Gasteiger partial charge < -0.3 is 4.57 Å². The van der Waals surface area contributed by atoms with Crippen LogP contribution in [0.2, 0.25) is 0 Å². The van der Waals surface area contributed by atoms with Gasteiger partial charge in [-0.2, -0.15) is 0 Å². The van der Waals surface area contributed by atoms with Gasteiger partial charge in [0, 0.05) is 28.2 Å². The van der Waals surface area contributed by atoms with E-state index in [4.69, 9.17) is 12.2 Å². The molecule has 3 nitrogen and oxygen atoms in total. The SMILES string of the molecule is O=C1/C(=C\c2cn(Cc3ccccc3F)c3ccccc23)SC(=S)N1Cc1ccccc1. The number of nitrogens with zero attached hydrogens (tertiary/aromatic N) is 2. The Morgan fingerprint density at radius 3 is 2.44 bits per heavy atom. The fourth-order valence-electron chi connectivity index (χ4n) is 3.87. The van der Waals surface area contributed by atoms with Gasteiger partial charge in [-0.05, 0) is 23.8 Å². The van der Waals surface area contributed by atoms with Crippen molar-refractivity contribution in [3.8, 4) is 0 Å². The molecule has 4 aromatic rings. The molecule has 1 aliphatic rings. The zero-order valence-electron chi connectivity index (χ0n) is 17.1. The molecule has 3 aromatic carbocycles. The number of amides is 1. The van der Waals surface area contributed by atoms with E-state index in [1.165, 1.54) is 17.8 Å². The molecule has 0 radical (unpaired) electrons. The zero-order chi connectivity index (χ0) is 22.1. The lowest BCUT2D eigenvalue weighted by atomic mass is 10.1. The Morgan fingerprint density at radius 1 is 0.906 bits per heavy atom. The second-order valence-electron chi connectivity index (χ2n) is 7.57. The maximum Gasteiger partial charge on any atom is 0.266 e. The highest BCUT2D eigenvalue weighted by molar-refractivity contribution is 8.26. The summed E-state index contributed by atoms with van der Waals surface area (Å²) >= 11 is 6.81. The third kappa shape index (κ3) is 3.99. The number of thioether (sulfide) groups is 1. The van der Waals surface area contributed by atoms with Gasteiger partial charge in [-0.15, -0.1) is 0 Å². The normalized spacial score (nSPS) is 15.3. The van der Waals surface area contributed by atoms with Crippen molar-refractivity contribution in [1.82, 2.24) is 9.47 Å². The van der Waals surface area contributed by atoms with Crippen LogP contribution >= 0.6 is 24.0 Å². The number of rotatable bonds is 5. The smallest absolute Gasteiger partial charge is 0.266 e. The molecule has 0 N–H and O–H groups in total. The van der Waals surface area contributed by atoms with Crippen LogP contribution in [-0.2, 0) is 17.9 Å². The summed E-state index contributed by atoms with van der Waals surface area (Å²) < 4.78 is 16.8. The van der Waals surface area contributed by atoms with Gasteiger partial charge in [-0.25, -0.2) is 4.39 Å². The number of halogens is 1. The minimum absolute atomic E-state index is 0.0882. The molecule has 2 heterocycles. The predicted octanol–water partition coefficient (Wildman–Crippen LogP) is 6.23. The maximum atomic E-state index is 14.2. The molecule has 158 valence electrons. The summed E-state index contributed by atoms with van der Waals surface area (Å²) in [6.45, 7) is 0.869. The fraction of sp³-hybridized carbons (Fsp3) is 0.0769. The first-order chi connectivity index (χ1) is 15.6. The molecule has 0 saturated carbocycles. The Kier molecular flexibility index (Phi) is 5.64. The molecule has 0 bridgehead atoms. The number of benzene rings is 3. The molecule has 0 aliphatic carbocycles. The molecule has 0 spiro atoms. The fourth-order valence-corrected chi connectivity index (χ4v) is 5.12. The number of para-hydroxylation sites is 1. The highest BCUT2D eigenvalue weighted by atomic mass is 32.2. The van der Waals surface area contributed by atoms with Crippen molar-refractivity contribution < 1.29 is 9.18 Å². The van der Waals surface area contributed by atoms with Crippen LogP contribution in [0.4, 0.5) is 4.39 Å². The van der Waals surface area contributed by atoms with Gasteiger partial charge in [0.2, 0.25) is 0 Å². The Balaban J connectivity index is 1.48. The van der Waals surface area contributed by atoms with Crippen LogP contribution in [-0.4, -0.2) is 19.7 Å². The molecule has 6 heteroatoms. The average Bonchev–Trinajstić information content (AvgIpc) is 3.28. The second-order valence-corrected chi connectivity index (χ2v) is 9.25. The van der Waals surface area contributed by atoms with Crippen LogP contribution in [0.3, 0.4) is 0 Å². The van der Waals surface area contributed by atoms with E-state index in [0.717, 1.165) is 22.0 Å². The summed E-state index contributed by atoms with van der Waals surface area (Å²) in [5.74, 6) is -0.316. The molecule has 1 saturated heterocycles. The topological polar surface area (TPSA) is 25.2 Å². The van der Waals surface area contributed by atoms with E-state index >= 15 is 0 Å². The van der Waals surface area contributed by atoms with Crippen molar-refractivity contribution in [2.75, 3.05) is 0 Å². The summed E-state index contributed by atoms with van der Waals surface area (Å²) in [6.07, 6.45) is 3.87. The van der Waals surface area contributed by atoms with Crippen LogP contribution in [0.1, 0.15) is 16.7 Å². The Labute approximate surface area is 195 Å². The summed E-state index contributed by atoms with van der Waals surface area (Å²) in [5, 5.41) is 1.01. The summed E-state index contributed by atoms with van der Waals surface area (Å²) in [4.78, 5) is 15.3. The summed E-state index contributed by atoms with van der Waals surface area (Å²) in [7, 11) is 0. The van der Waals surface area contributed by atoms with Gasteiger partial charge >= 0.3 is 0 Å². The number of carbonyl (C=O) groups excluding carboxylic acids is 1. The number of thiocarbonyl (C=S) groups is 1. The summed E-state index contributed by atoms with van der Waals surface area (Å²) in [5.41, 5.74) is 3.56. The number of hydrogen-bond donors (Lipinski definition) is 0. The van der Waals surface area contributed by atoms with Crippen LogP contribution in [0.5, 0.6) is 0 Å². The van der Waals surface area contributed by atoms with Crippen LogP contribution in [0, 0.1) is 5.82 Å². The van der Waals surface area contributed by atoms with Crippen LogP contribution < -0.4 is 0 Å².